The minimum Gasteiger partial charge on any atom is -0.469 e. The molecular formula is C18H21ClFN3O4. The average Bonchev–Trinajstić information content (AvgIpc) is 3.05. The number of carbonyl (C=O) groups excluding carboxylic acids is 2. The molecule has 1 aliphatic rings. The molecule has 1 fully saturated rings. The number of aryl methyl sites for hydroxylation is 1. The molecule has 1 atom stereocenters. The molecule has 3 N–H and O–H groups in total. The summed E-state index contributed by atoms with van der Waals surface area (Å²) in [6, 6.07) is 5.47. The van der Waals surface area contributed by atoms with Gasteiger partial charge in [0, 0.05) is 24.7 Å². The average molecular weight is 398 g/mol. The van der Waals surface area contributed by atoms with Crippen LogP contribution in [0, 0.1) is 12.7 Å². The van der Waals surface area contributed by atoms with Crippen molar-refractivity contribution < 1.29 is 23.1 Å². The number of nitrogens with one attached hydrogen (secondary N) is 3. The third-order valence-electron chi connectivity index (χ3n) is 4.03. The van der Waals surface area contributed by atoms with E-state index >= 15 is 0 Å². The SMILES string of the molecule is Cc1occc1C(=O)Nc1cc(NC(=O)CC2COCCN2)ccc1F.Cl. The predicted octanol–water partition coefficient (Wildman–Crippen LogP) is 2.72. The number of benzene rings is 1. The first kappa shape index (κ1) is 20.9. The molecule has 1 saturated heterocycles. The van der Waals surface area contributed by atoms with Crippen LogP contribution in [0.5, 0.6) is 0 Å². The van der Waals surface area contributed by atoms with Crippen molar-refractivity contribution in [3.8, 4) is 0 Å². The Bertz CT molecular complexity index is 806. The van der Waals surface area contributed by atoms with Crippen LogP contribution >= 0.6 is 12.4 Å². The first-order valence-electron chi connectivity index (χ1n) is 8.29. The highest BCUT2D eigenvalue weighted by Crippen LogP contribution is 2.21. The fourth-order valence-corrected chi connectivity index (χ4v) is 2.70. The van der Waals surface area contributed by atoms with Gasteiger partial charge >= 0.3 is 0 Å². The smallest absolute Gasteiger partial charge is 0.259 e. The van der Waals surface area contributed by atoms with Gasteiger partial charge in [0.2, 0.25) is 5.91 Å². The quantitative estimate of drug-likeness (QED) is 0.721. The molecule has 146 valence electrons. The number of hydrogen-bond acceptors (Lipinski definition) is 5. The summed E-state index contributed by atoms with van der Waals surface area (Å²) in [6.45, 7) is 3.46. The normalized spacial score (nSPS) is 16.3. The molecule has 0 spiro atoms. The van der Waals surface area contributed by atoms with Gasteiger partial charge in [-0.25, -0.2) is 4.39 Å². The third kappa shape index (κ3) is 5.53. The first-order valence-corrected chi connectivity index (χ1v) is 8.29. The lowest BCUT2D eigenvalue weighted by Gasteiger charge is -2.23. The number of amides is 2. The number of rotatable bonds is 5. The summed E-state index contributed by atoms with van der Waals surface area (Å²) in [5.74, 6) is -0.862. The Balaban J connectivity index is 0.00000261. The van der Waals surface area contributed by atoms with Crippen LogP contribution in [0.25, 0.3) is 0 Å². The van der Waals surface area contributed by atoms with Gasteiger partial charge in [-0.1, -0.05) is 0 Å². The molecule has 0 radical (unpaired) electrons. The fraction of sp³-hybridized carbons (Fsp3) is 0.333. The number of halogens is 2. The van der Waals surface area contributed by atoms with Crippen LogP contribution in [0.1, 0.15) is 22.5 Å². The van der Waals surface area contributed by atoms with E-state index in [9.17, 15) is 14.0 Å². The van der Waals surface area contributed by atoms with Gasteiger partial charge in [0.25, 0.3) is 5.91 Å². The number of anilines is 2. The third-order valence-corrected chi connectivity index (χ3v) is 4.03. The molecule has 0 saturated carbocycles. The van der Waals surface area contributed by atoms with Crippen LogP contribution in [0.15, 0.2) is 34.9 Å². The second-order valence-electron chi connectivity index (χ2n) is 6.02. The Morgan fingerprint density at radius 1 is 1.30 bits per heavy atom. The molecule has 9 heteroatoms. The van der Waals surface area contributed by atoms with E-state index in [2.05, 4.69) is 16.0 Å². The van der Waals surface area contributed by atoms with Gasteiger partial charge in [-0.2, -0.15) is 0 Å². The van der Waals surface area contributed by atoms with Crippen LogP contribution in [-0.4, -0.2) is 37.6 Å². The Morgan fingerprint density at radius 3 is 2.78 bits per heavy atom. The molecule has 2 aromatic rings. The number of hydrogen-bond donors (Lipinski definition) is 3. The molecule has 1 aliphatic heterocycles. The second kappa shape index (κ2) is 9.50. The van der Waals surface area contributed by atoms with E-state index in [1.807, 2.05) is 0 Å². The minimum absolute atomic E-state index is 0. The maximum absolute atomic E-state index is 14.0. The number of ether oxygens (including phenoxy) is 1. The summed E-state index contributed by atoms with van der Waals surface area (Å²) < 4.78 is 24.4. The monoisotopic (exact) mass is 397 g/mol. The lowest BCUT2D eigenvalue weighted by Crippen LogP contribution is -2.43. The summed E-state index contributed by atoms with van der Waals surface area (Å²) in [6.07, 6.45) is 1.63. The standard InChI is InChI=1S/C18H20FN3O4.ClH/c1-11-14(4-6-26-11)18(24)22-16-8-12(2-3-15(16)19)21-17(23)9-13-10-25-7-5-20-13;/h2-4,6,8,13,20H,5,7,9-10H2,1H3,(H,21,23)(H,22,24);1H. The van der Waals surface area contributed by atoms with Crippen LogP contribution in [-0.2, 0) is 9.53 Å². The summed E-state index contributed by atoms with van der Waals surface area (Å²) >= 11 is 0. The van der Waals surface area contributed by atoms with Gasteiger partial charge in [-0.3, -0.25) is 9.59 Å². The molecule has 3 rings (SSSR count). The maximum Gasteiger partial charge on any atom is 0.259 e. The Hall–Kier alpha value is -2.42. The van der Waals surface area contributed by atoms with E-state index in [4.69, 9.17) is 9.15 Å². The van der Waals surface area contributed by atoms with Crippen molar-refractivity contribution >= 4 is 35.6 Å². The van der Waals surface area contributed by atoms with E-state index < -0.39 is 11.7 Å². The van der Waals surface area contributed by atoms with Gasteiger partial charge in [-0.05, 0) is 31.2 Å². The van der Waals surface area contributed by atoms with E-state index in [1.54, 1.807) is 6.92 Å². The number of furan rings is 1. The van der Waals surface area contributed by atoms with E-state index in [0.717, 1.165) is 0 Å². The fourth-order valence-electron chi connectivity index (χ4n) is 2.70. The van der Waals surface area contributed by atoms with Crippen molar-refractivity contribution in [2.75, 3.05) is 30.4 Å². The highest BCUT2D eigenvalue weighted by molar-refractivity contribution is 6.05. The predicted molar refractivity (Wildman–Crippen MR) is 101 cm³/mol. The lowest BCUT2D eigenvalue weighted by atomic mass is 10.2. The second-order valence-corrected chi connectivity index (χ2v) is 6.02. The van der Waals surface area contributed by atoms with Crippen LogP contribution in [0.2, 0.25) is 0 Å². The molecular weight excluding hydrogens is 377 g/mol. The zero-order valence-electron chi connectivity index (χ0n) is 14.7. The van der Waals surface area contributed by atoms with Crippen molar-refractivity contribution in [1.82, 2.24) is 5.32 Å². The Labute approximate surface area is 162 Å². The van der Waals surface area contributed by atoms with Crippen molar-refractivity contribution in [3.63, 3.8) is 0 Å². The van der Waals surface area contributed by atoms with Crippen LogP contribution < -0.4 is 16.0 Å². The van der Waals surface area contributed by atoms with E-state index in [-0.39, 0.29) is 36.5 Å². The number of carbonyl (C=O) groups is 2. The van der Waals surface area contributed by atoms with Crippen molar-refractivity contribution in [2.24, 2.45) is 0 Å². The van der Waals surface area contributed by atoms with Gasteiger partial charge in [0.15, 0.2) is 0 Å². The van der Waals surface area contributed by atoms with Crippen LogP contribution in [0.4, 0.5) is 15.8 Å². The van der Waals surface area contributed by atoms with Gasteiger partial charge in [0.05, 0.1) is 30.7 Å². The summed E-state index contributed by atoms with van der Waals surface area (Å²) in [4.78, 5) is 24.3. The van der Waals surface area contributed by atoms with Gasteiger partial charge < -0.3 is 25.1 Å². The van der Waals surface area contributed by atoms with Crippen molar-refractivity contribution in [1.29, 1.82) is 0 Å². The Morgan fingerprint density at radius 2 is 2.11 bits per heavy atom. The maximum atomic E-state index is 14.0. The zero-order chi connectivity index (χ0) is 18.5. The molecule has 0 aliphatic carbocycles. The van der Waals surface area contributed by atoms with Crippen molar-refractivity contribution in [3.05, 3.63) is 47.7 Å². The molecule has 2 amide bonds. The number of morpholine rings is 1. The Kier molecular flexibility index (Phi) is 7.35. The summed E-state index contributed by atoms with van der Waals surface area (Å²) in [5.41, 5.74) is 0.696. The molecule has 27 heavy (non-hydrogen) atoms. The van der Waals surface area contributed by atoms with Gasteiger partial charge in [-0.15, -0.1) is 12.4 Å². The molecule has 0 bridgehead atoms. The molecule has 1 unspecified atom stereocenters. The topological polar surface area (TPSA) is 92.6 Å². The van der Waals surface area contributed by atoms with E-state index in [0.29, 0.717) is 36.8 Å². The largest absolute Gasteiger partial charge is 0.469 e. The van der Waals surface area contributed by atoms with Crippen LogP contribution in [0.3, 0.4) is 0 Å². The van der Waals surface area contributed by atoms with Gasteiger partial charge in [0.1, 0.15) is 11.6 Å². The summed E-state index contributed by atoms with van der Waals surface area (Å²) in [7, 11) is 0. The molecule has 1 aromatic carbocycles. The summed E-state index contributed by atoms with van der Waals surface area (Å²) in [5, 5.41) is 8.39. The zero-order valence-corrected chi connectivity index (χ0v) is 15.5. The first-order chi connectivity index (χ1) is 12.5. The highest BCUT2D eigenvalue weighted by atomic mass is 35.5. The molecule has 7 nitrogen and oxygen atoms in total. The lowest BCUT2D eigenvalue weighted by molar-refractivity contribution is -0.117. The highest BCUT2D eigenvalue weighted by Gasteiger charge is 2.18. The van der Waals surface area contributed by atoms with Crippen molar-refractivity contribution in [2.45, 2.75) is 19.4 Å². The molecule has 2 heterocycles. The minimum atomic E-state index is -0.597. The molecule has 1 aromatic heterocycles. The van der Waals surface area contributed by atoms with E-state index in [1.165, 1.54) is 30.5 Å².